The molecule has 25 nitrogen and oxygen atoms in total. The van der Waals surface area contributed by atoms with Gasteiger partial charge in [0.05, 0.1) is 74.2 Å². The molecule has 5 heterocycles. The van der Waals surface area contributed by atoms with Crippen molar-refractivity contribution < 1.29 is 66.8 Å². The highest BCUT2D eigenvalue weighted by Gasteiger charge is 2.36. The standard InChI is InChI=1S/C64H75N11O14/c1-5-86-51-30-46-49(68-34-44-28-39-11-7-8-12-41(39)36-74(44)62(46)82)32-53(51)88-23-10-24-89-54-33-50-47(31-52(54)87-6-2)63(83)75-37-42-27-43(15-14-40(42)29-45(75)35-69-50)70-60(80)48(13-9-20-67-64(65)84)71-61(81)59(38(3)4)72-56(77)19-25-85-26-21-66-55(76)18-22-73-57(78)16-17-58(73)79/h7-8,11-12,14-17,27,30-35,38,44-45,48,59H,5-6,9-10,13,18-26,28-29,36-37H2,1-4H3,(H,66,76)(H,70,80)(H,71,81)(H,72,77)(H3,65,67,84)/t44-,45-,48-,59-/m0/s1. The molecule has 0 saturated carbocycles. The van der Waals surface area contributed by atoms with E-state index in [0.29, 0.717) is 90.2 Å². The second-order valence-corrected chi connectivity index (χ2v) is 22.2. The Kier molecular flexibility index (Phi) is 21.4. The highest BCUT2D eigenvalue weighted by molar-refractivity contribution is 6.13. The Balaban J connectivity index is 0.779. The highest BCUT2D eigenvalue weighted by atomic mass is 16.5. The van der Waals surface area contributed by atoms with Gasteiger partial charge in [0, 0.05) is 94.4 Å². The molecule has 0 radical (unpaired) electrons. The van der Waals surface area contributed by atoms with Crippen LogP contribution in [-0.4, -0.2) is 164 Å². The molecule has 5 aliphatic heterocycles. The van der Waals surface area contributed by atoms with Crippen LogP contribution in [0.4, 0.5) is 21.9 Å². The molecule has 4 atom stereocenters. The molecule has 0 fully saturated rings. The van der Waals surface area contributed by atoms with E-state index in [1.807, 2.05) is 43.2 Å². The van der Waals surface area contributed by atoms with Crippen molar-refractivity contribution in [1.82, 2.24) is 36.0 Å². The molecular weight excluding hydrogens is 1150 g/mol. The van der Waals surface area contributed by atoms with Crippen molar-refractivity contribution >= 4 is 82.8 Å². The lowest BCUT2D eigenvalue weighted by Gasteiger charge is -2.34. The molecule has 0 aromatic heterocycles. The van der Waals surface area contributed by atoms with E-state index in [-0.39, 0.29) is 102 Å². The monoisotopic (exact) mass is 1220 g/mol. The molecule has 0 unspecified atom stereocenters. The van der Waals surface area contributed by atoms with Gasteiger partial charge in [-0.25, -0.2) is 4.79 Å². The lowest BCUT2D eigenvalue weighted by Crippen LogP contribution is -2.54. The van der Waals surface area contributed by atoms with E-state index in [4.69, 9.17) is 39.4 Å². The lowest BCUT2D eigenvalue weighted by atomic mass is 9.93. The maximum Gasteiger partial charge on any atom is 0.312 e. The van der Waals surface area contributed by atoms with Crippen LogP contribution in [0.15, 0.2) is 88.9 Å². The number of nitrogens with zero attached hydrogens (tertiary/aromatic N) is 5. The number of amides is 10. The van der Waals surface area contributed by atoms with Gasteiger partial charge in [-0.05, 0) is 92.0 Å². The molecule has 4 aromatic rings. The number of carbonyl (C=O) groups is 9. The first kappa shape index (κ1) is 63.8. The zero-order valence-corrected chi connectivity index (χ0v) is 50.3. The number of hydrogen-bond donors (Lipinski definition) is 6. The molecule has 470 valence electrons. The molecule has 9 rings (SSSR count). The van der Waals surface area contributed by atoms with Gasteiger partial charge < -0.3 is 65.8 Å². The van der Waals surface area contributed by atoms with E-state index in [1.165, 1.54) is 5.56 Å². The minimum absolute atomic E-state index is 0.0252. The first-order valence-corrected chi connectivity index (χ1v) is 30.1. The summed E-state index contributed by atoms with van der Waals surface area (Å²) in [5.41, 5.74) is 11.4. The zero-order valence-electron chi connectivity index (χ0n) is 50.3. The minimum atomic E-state index is -1.12. The van der Waals surface area contributed by atoms with Gasteiger partial charge in [0.1, 0.15) is 12.1 Å². The van der Waals surface area contributed by atoms with Gasteiger partial charge in [-0.15, -0.1) is 0 Å². The fraction of sp³-hybridized carbons (Fsp3) is 0.422. The average molecular weight is 1220 g/mol. The number of carbonyl (C=O) groups excluding carboxylic acids is 9. The summed E-state index contributed by atoms with van der Waals surface area (Å²) in [7, 11) is 0. The van der Waals surface area contributed by atoms with Crippen LogP contribution in [0.3, 0.4) is 0 Å². The number of hydrogen-bond acceptors (Lipinski definition) is 16. The Morgan fingerprint density at radius 2 is 1.20 bits per heavy atom. The van der Waals surface area contributed by atoms with E-state index >= 15 is 0 Å². The Bertz CT molecular complexity index is 3440. The molecule has 89 heavy (non-hydrogen) atoms. The van der Waals surface area contributed by atoms with Gasteiger partial charge in [-0.2, -0.15) is 0 Å². The van der Waals surface area contributed by atoms with Crippen LogP contribution in [0.5, 0.6) is 23.0 Å². The summed E-state index contributed by atoms with van der Waals surface area (Å²) in [4.78, 5) is 131. The number of anilines is 1. The topological polar surface area (TPSA) is 320 Å². The molecular formula is C64H75N11O14. The summed E-state index contributed by atoms with van der Waals surface area (Å²) in [5.74, 6) is -2.14. The summed E-state index contributed by atoms with van der Waals surface area (Å²) < 4.78 is 30.1. The summed E-state index contributed by atoms with van der Waals surface area (Å²) >= 11 is 0. The Hall–Kier alpha value is -9.65. The number of nitrogens with two attached hydrogens (primary N) is 1. The fourth-order valence-corrected chi connectivity index (χ4v) is 11.0. The maximum absolute atomic E-state index is 14.5. The van der Waals surface area contributed by atoms with Crippen LogP contribution < -0.4 is 51.3 Å². The van der Waals surface area contributed by atoms with E-state index in [1.54, 1.807) is 61.4 Å². The number of rotatable bonds is 29. The lowest BCUT2D eigenvalue weighted by molar-refractivity contribution is -0.137. The fourth-order valence-electron chi connectivity index (χ4n) is 11.0. The summed E-state index contributed by atoms with van der Waals surface area (Å²) in [5, 5.41) is 13.6. The van der Waals surface area contributed by atoms with Gasteiger partial charge in [0.15, 0.2) is 23.0 Å². The molecule has 0 saturated heterocycles. The van der Waals surface area contributed by atoms with Crippen LogP contribution in [0.2, 0.25) is 0 Å². The van der Waals surface area contributed by atoms with Crippen LogP contribution in [0.25, 0.3) is 0 Å². The van der Waals surface area contributed by atoms with Crippen molar-refractivity contribution in [3.8, 4) is 23.0 Å². The summed E-state index contributed by atoms with van der Waals surface area (Å²) in [6, 6.07) is 16.9. The van der Waals surface area contributed by atoms with Gasteiger partial charge >= 0.3 is 6.03 Å². The molecule has 25 heteroatoms. The predicted molar refractivity (Wildman–Crippen MR) is 328 cm³/mol. The highest BCUT2D eigenvalue weighted by Crippen LogP contribution is 2.41. The first-order chi connectivity index (χ1) is 43.0. The number of primary amides is 1. The third kappa shape index (κ3) is 16.1. The zero-order chi connectivity index (χ0) is 63.1. The average Bonchev–Trinajstić information content (AvgIpc) is 1.77. The number of aliphatic imine (C=N–C) groups is 2. The summed E-state index contributed by atoms with van der Waals surface area (Å²) in [6.07, 6.45) is 7.60. The molecule has 10 amide bonds. The minimum Gasteiger partial charge on any atom is -0.490 e. The number of fused-ring (bicyclic) bond motifs is 6. The van der Waals surface area contributed by atoms with E-state index in [2.05, 4.69) is 38.7 Å². The van der Waals surface area contributed by atoms with Crippen molar-refractivity contribution in [2.75, 3.05) is 64.6 Å². The smallest absolute Gasteiger partial charge is 0.312 e. The van der Waals surface area contributed by atoms with Crippen molar-refractivity contribution in [1.29, 1.82) is 0 Å². The third-order valence-corrected chi connectivity index (χ3v) is 15.6. The predicted octanol–water partition coefficient (Wildman–Crippen LogP) is 4.75. The number of benzene rings is 4. The second kappa shape index (κ2) is 29.8. The Morgan fingerprint density at radius 3 is 1.80 bits per heavy atom. The summed E-state index contributed by atoms with van der Waals surface area (Å²) in [6.45, 7) is 9.22. The number of imide groups is 1. The SMILES string of the molecule is CCOc1cc2c(cc1OCCCOc1cc3c(cc1OCC)C(=O)N1Cc4cc(NC(=O)[C@H](CCCNC(N)=O)NC(=O)[C@@H](NC(=O)CCOCCNC(=O)CCN5C(=O)C=CC5=O)C(C)C)ccc4C[C@H]1C=N3)N=C[C@@H]1Cc3ccccc3CN1C2=O. The molecule has 7 N–H and O–H groups in total. The van der Waals surface area contributed by atoms with Crippen LogP contribution >= 0.6 is 0 Å². The quantitative estimate of drug-likeness (QED) is 0.0316. The van der Waals surface area contributed by atoms with Gasteiger partial charge in [0.2, 0.25) is 23.6 Å². The van der Waals surface area contributed by atoms with Crippen molar-refractivity contribution in [2.45, 2.75) is 110 Å². The van der Waals surface area contributed by atoms with Crippen molar-refractivity contribution in [3.05, 3.63) is 112 Å². The normalized spacial score (nSPS) is 16.8. The molecule has 4 aromatic carbocycles. The number of nitrogens with one attached hydrogen (secondary N) is 5. The Morgan fingerprint density at radius 1 is 0.618 bits per heavy atom. The van der Waals surface area contributed by atoms with Crippen LogP contribution in [0, 0.1) is 5.92 Å². The van der Waals surface area contributed by atoms with E-state index in [9.17, 15) is 43.2 Å². The Labute approximate surface area is 515 Å². The van der Waals surface area contributed by atoms with E-state index in [0.717, 1.165) is 33.7 Å². The largest absolute Gasteiger partial charge is 0.490 e. The van der Waals surface area contributed by atoms with E-state index < -0.39 is 59.6 Å². The molecule has 0 spiro atoms. The van der Waals surface area contributed by atoms with Gasteiger partial charge in [-0.1, -0.05) is 44.2 Å². The first-order valence-electron chi connectivity index (χ1n) is 30.1. The van der Waals surface area contributed by atoms with Gasteiger partial charge in [-0.3, -0.25) is 53.2 Å². The number of ether oxygens (including phenoxy) is 5. The third-order valence-electron chi connectivity index (χ3n) is 15.6. The molecule has 0 bridgehead atoms. The van der Waals surface area contributed by atoms with Gasteiger partial charge in [0.25, 0.3) is 23.6 Å². The maximum atomic E-state index is 14.5. The van der Waals surface area contributed by atoms with Crippen LogP contribution in [0.1, 0.15) is 103 Å². The number of urea groups is 1. The van der Waals surface area contributed by atoms with Crippen LogP contribution in [-0.2, 0) is 59.4 Å². The molecule has 5 aliphatic rings. The molecule has 0 aliphatic carbocycles. The van der Waals surface area contributed by atoms with Crippen molar-refractivity contribution in [2.24, 2.45) is 21.6 Å². The second-order valence-electron chi connectivity index (χ2n) is 22.2. The van der Waals surface area contributed by atoms with Crippen molar-refractivity contribution in [3.63, 3.8) is 0 Å².